The molecule has 1 N–H and O–H groups in total. The molecule has 0 unspecified atom stereocenters. The quantitative estimate of drug-likeness (QED) is 0.713. The molecule has 0 aliphatic carbocycles. The van der Waals surface area contributed by atoms with Gasteiger partial charge in [-0.15, -0.1) is 0 Å². The van der Waals surface area contributed by atoms with Gasteiger partial charge in [-0.2, -0.15) is 0 Å². The van der Waals surface area contributed by atoms with E-state index in [1.54, 1.807) is 13.0 Å². The zero-order valence-electron chi connectivity index (χ0n) is 8.01. The Morgan fingerprint density at radius 2 is 2.38 bits per heavy atom. The van der Waals surface area contributed by atoms with Crippen molar-refractivity contribution in [1.29, 1.82) is 0 Å². The van der Waals surface area contributed by atoms with Crippen LogP contribution in [0.3, 0.4) is 0 Å². The van der Waals surface area contributed by atoms with Gasteiger partial charge in [0.05, 0.1) is 13.7 Å². The van der Waals surface area contributed by atoms with Crippen molar-refractivity contribution in [2.45, 2.75) is 13.5 Å². The molecule has 0 amide bonds. The van der Waals surface area contributed by atoms with E-state index in [0.717, 1.165) is 5.76 Å². The van der Waals surface area contributed by atoms with E-state index in [9.17, 15) is 4.79 Å². The summed E-state index contributed by atoms with van der Waals surface area (Å²) in [7, 11) is 3.17. The van der Waals surface area contributed by atoms with Crippen LogP contribution in [-0.2, 0) is 11.3 Å². The van der Waals surface area contributed by atoms with Gasteiger partial charge in [0.15, 0.2) is 0 Å². The molecular formula is C9H13NO3. The molecule has 0 aliphatic rings. The Bertz CT molecular complexity index is 304. The zero-order chi connectivity index (χ0) is 9.84. The molecule has 4 heteroatoms. The zero-order valence-corrected chi connectivity index (χ0v) is 8.01. The summed E-state index contributed by atoms with van der Waals surface area (Å²) in [6, 6.07) is 1.69. The van der Waals surface area contributed by atoms with Crippen LogP contribution in [0, 0.1) is 6.92 Å². The predicted octanol–water partition coefficient (Wildman–Crippen LogP) is 1.09. The average Bonchev–Trinajstić information content (AvgIpc) is 2.46. The molecule has 0 aromatic carbocycles. The fourth-order valence-electron chi connectivity index (χ4n) is 1.12. The standard InChI is InChI=1S/C9H13NO3/c1-6-8(9(11)12-3)4-7(13-6)5-10-2/h4,10H,5H2,1-3H3. The second kappa shape index (κ2) is 4.09. The van der Waals surface area contributed by atoms with E-state index < -0.39 is 0 Å². The minimum atomic E-state index is -0.358. The normalized spacial score (nSPS) is 10.1. The number of methoxy groups -OCH3 is 1. The first-order valence-corrected chi connectivity index (χ1v) is 4.01. The summed E-state index contributed by atoms with van der Waals surface area (Å²) < 4.78 is 9.90. The molecule has 0 aliphatic heterocycles. The summed E-state index contributed by atoms with van der Waals surface area (Å²) in [4.78, 5) is 11.1. The first kappa shape index (κ1) is 9.80. The summed E-state index contributed by atoms with van der Waals surface area (Å²) in [5.41, 5.74) is 0.493. The summed E-state index contributed by atoms with van der Waals surface area (Å²) in [6.07, 6.45) is 0. The SMILES string of the molecule is CNCc1cc(C(=O)OC)c(C)o1. The third kappa shape index (κ3) is 2.09. The Morgan fingerprint density at radius 3 is 2.92 bits per heavy atom. The molecule has 1 aromatic rings. The Kier molecular flexibility index (Phi) is 3.08. The van der Waals surface area contributed by atoms with E-state index in [1.165, 1.54) is 7.11 Å². The van der Waals surface area contributed by atoms with Gasteiger partial charge in [0.1, 0.15) is 17.1 Å². The summed E-state index contributed by atoms with van der Waals surface area (Å²) in [6.45, 7) is 2.35. The lowest BCUT2D eigenvalue weighted by Gasteiger charge is -1.93. The Labute approximate surface area is 76.9 Å². The fourth-order valence-corrected chi connectivity index (χ4v) is 1.12. The number of hydrogen-bond acceptors (Lipinski definition) is 4. The van der Waals surface area contributed by atoms with Crippen LogP contribution in [0.2, 0.25) is 0 Å². The topological polar surface area (TPSA) is 51.5 Å². The van der Waals surface area contributed by atoms with E-state index in [2.05, 4.69) is 10.1 Å². The van der Waals surface area contributed by atoms with E-state index in [0.29, 0.717) is 17.9 Å². The molecule has 13 heavy (non-hydrogen) atoms. The predicted molar refractivity (Wildman–Crippen MR) is 47.5 cm³/mol. The molecule has 0 radical (unpaired) electrons. The minimum absolute atomic E-state index is 0.358. The highest BCUT2D eigenvalue weighted by Crippen LogP contribution is 2.15. The van der Waals surface area contributed by atoms with Gasteiger partial charge in [-0.1, -0.05) is 0 Å². The lowest BCUT2D eigenvalue weighted by Crippen LogP contribution is -2.04. The molecule has 4 nitrogen and oxygen atoms in total. The molecule has 0 fully saturated rings. The van der Waals surface area contributed by atoms with E-state index in [4.69, 9.17) is 4.42 Å². The van der Waals surface area contributed by atoms with Crippen molar-refractivity contribution >= 4 is 5.97 Å². The van der Waals surface area contributed by atoms with Crippen LogP contribution < -0.4 is 5.32 Å². The Hall–Kier alpha value is -1.29. The summed E-state index contributed by atoms with van der Waals surface area (Å²) in [5.74, 6) is 0.973. The molecular weight excluding hydrogens is 170 g/mol. The van der Waals surface area contributed by atoms with Crippen molar-refractivity contribution < 1.29 is 13.9 Å². The largest absolute Gasteiger partial charge is 0.465 e. The van der Waals surface area contributed by atoms with Gasteiger partial charge in [0.25, 0.3) is 0 Å². The van der Waals surface area contributed by atoms with Gasteiger partial charge in [0.2, 0.25) is 0 Å². The Morgan fingerprint density at radius 1 is 1.69 bits per heavy atom. The van der Waals surface area contributed by atoms with Crippen molar-refractivity contribution in [3.05, 3.63) is 23.2 Å². The molecule has 72 valence electrons. The summed E-state index contributed by atoms with van der Waals surface area (Å²) in [5, 5.41) is 2.94. The second-order valence-corrected chi connectivity index (χ2v) is 2.70. The van der Waals surface area contributed by atoms with E-state index in [1.807, 2.05) is 7.05 Å². The average molecular weight is 183 g/mol. The number of aryl methyl sites for hydroxylation is 1. The number of carbonyl (C=O) groups is 1. The number of rotatable bonds is 3. The number of esters is 1. The summed E-state index contributed by atoms with van der Waals surface area (Å²) >= 11 is 0. The van der Waals surface area contributed by atoms with Gasteiger partial charge in [-0.05, 0) is 20.0 Å². The smallest absolute Gasteiger partial charge is 0.341 e. The molecule has 0 saturated heterocycles. The molecule has 0 spiro atoms. The fraction of sp³-hybridized carbons (Fsp3) is 0.444. The van der Waals surface area contributed by atoms with Crippen LogP contribution in [0.25, 0.3) is 0 Å². The lowest BCUT2D eigenvalue weighted by atomic mass is 10.2. The number of nitrogens with one attached hydrogen (secondary N) is 1. The molecule has 1 aromatic heterocycles. The van der Waals surface area contributed by atoms with Crippen molar-refractivity contribution in [2.24, 2.45) is 0 Å². The minimum Gasteiger partial charge on any atom is -0.465 e. The maximum absolute atomic E-state index is 11.1. The second-order valence-electron chi connectivity index (χ2n) is 2.70. The van der Waals surface area contributed by atoms with Crippen LogP contribution in [0.4, 0.5) is 0 Å². The first-order chi connectivity index (χ1) is 6.19. The Balaban J connectivity index is 2.89. The lowest BCUT2D eigenvalue weighted by molar-refractivity contribution is 0.0599. The number of carbonyl (C=O) groups excluding carboxylic acids is 1. The molecule has 1 heterocycles. The molecule has 0 saturated carbocycles. The van der Waals surface area contributed by atoms with Crippen molar-refractivity contribution in [3.63, 3.8) is 0 Å². The molecule has 0 bridgehead atoms. The monoisotopic (exact) mass is 183 g/mol. The van der Waals surface area contributed by atoms with Crippen molar-refractivity contribution in [3.8, 4) is 0 Å². The van der Waals surface area contributed by atoms with Gasteiger partial charge in [-0.25, -0.2) is 4.79 Å². The van der Waals surface area contributed by atoms with Gasteiger partial charge >= 0.3 is 5.97 Å². The van der Waals surface area contributed by atoms with Gasteiger partial charge in [-0.3, -0.25) is 0 Å². The number of furan rings is 1. The first-order valence-electron chi connectivity index (χ1n) is 4.01. The van der Waals surface area contributed by atoms with Gasteiger partial charge in [0, 0.05) is 0 Å². The number of ether oxygens (including phenoxy) is 1. The maximum atomic E-state index is 11.1. The molecule has 0 atom stereocenters. The van der Waals surface area contributed by atoms with Gasteiger partial charge < -0.3 is 14.5 Å². The molecule has 1 rings (SSSR count). The van der Waals surface area contributed by atoms with E-state index in [-0.39, 0.29) is 5.97 Å². The highest BCUT2D eigenvalue weighted by Gasteiger charge is 2.14. The van der Waals surface area contributed by atoms with Crippen LogP contribution in [0.15, 0.2) is 10.5 Å². The third-order valence-electron chi connectivity index (χ3n) is 1.73. The van der Waals surface area contributed by atoms with Crippen molar-refractivity contribution in [1.82, 2.24) is 5.32 Å². The highest BCUT2D eigenvalue weighted by molar-refractivity contribution is 5.90. The van der Waals surface area contributed by atoms with E-state index >= 15 is 0 Å². The van der Waals surface area contributed by atoms with Crippen molar-refractivity contribution in [2.75, 3.05) is 14.2 Å². The highest BCUT2D eigenvalue weighted by atomic mass is 16.5. The van der Waals surface area contributed by atoms with Crippen LogP contribution in [0.1, 0.15) is 21.9 Å². The number of hydrogen-bond donors (Lipinski definition) is 1. The van der Waals surface area contributed by atoms with Crippen LogP contribution in [-0.4, -0.2) is 20.1 Å². The third-order valence-corrected chi connectivity index (χ3v) is 1.73. The maximum Gasteiger partial charge on any atom is 0.341 e. The van der Waals surface area contributed by atoms with Crippen LogP contribution >= 0.6 is 0 Å². The van der Waals surface area contributed by atoms with Crippen LogP contribution in [0.5, 0.6) is 0 Å².